The van der Waals surface area contributed by atoms with Gasteiger partial charge in [-0.3, -0.25) is 0 Å². The topological polar surface area (TPSA) is 26.7 Å². The molecule has 0 unspecified atom stereocenters. The van der Waals surface area contributed by atoms with Crippen molar-refractivity contribution in [1.82, 2.24) is 9.80 Å². The molecule has 0 saturated carbocycles. The van der Waals surface area contributed by atoms with E-state index in [1.807, 2.05) is 21.0 Å². The summed E-state index contributed by atoms with van der Waals surface area (Å²) in [6, 6.07) is 0. The number of hydrogen-bond acceptors (Lipinski definition) is 2. The molecular weight excluding hydrogens is 172 g/mol. The Morgan fingerprint density at radius 1 is 1.33 bits per heavy atom. The van der Waals surface area contributed by atoms with E-state index in [9.17, 15) is 0 Å². The van der Waals surface area contributed by atoms with Crippen molar-refractivity contribution in [2.75, 3.05) is 33.7 Å². The molecule has 72 valence electrons. The van der Waals surface area contributed by atoms with E-state index in [0.29, 0.717) is 0 Å². The number of rotatable bonds is 5. The van der Waals surface area contributed by atoms with E-state index in [1.54, 1.807) is 4.90 Å². The minimum atomic E-state index is 0.0104. The lowest BCUT2D eigenvalue weighted by Gasteiger charge is -2.20. The van der Waals surface area contributed by atoms with Crippen molar-refractivity contribution in [3.63, 3.8) is 0 Å². The number of aliphatic hydroxyl groups is 1. The molecule has 0 aromatic carbocycles. The Labute approximate surface area is 80.0 Å². The zero-order valence-electron chi connectivity index (χ0n) is 8.08. The van der Waals surface area contributed by atoms with E-state index in [4.69, 9.17) is 5.11 Å². The Morgan fingerprint density at radius 2 is 1.92 bits per heavy atom. The first kappa shape index (κ1) is 11.6. The molecule has 3 nitrogen and oxygen atoms in total. The molecule has 12 heavy (non-hydrogen) atoms. The fourth-order valence-electron chi connectivity index (χ4n) is 0.967. The van der Waals surface area contributed by atoms with Gasteiger partial charge in [-0.25, -0.2) is 0 Å². The first-order valence-electron chi connectivity index (χ1n) is 4.20. The Hall–Kier alpha value is -0.350. The second kappa shape index (κ2) is 6.20. The molecule has 0 aromatic rings. The van der Waals surface area contributed by atoms with Crippen LogP contribution >= 0.6 is 12.2 Å². The molecule has 1 N–H and O–H groups in total. The van der Waals surface area contributed by atoms with Crippen LogP contribution in [0.2, 0.25) is 0 Å². The highest BCUT2D eigenvalue weighted by molar-refractivity contribution is 7.79. The first-order chi connectivity index (χ1) is 5.57. The van der Waals surface area contributed by atoms with Crippen molar-refractivity contribution >= 4 is 17.4 Å². The lowest BCUT2D eigenvalue weighted by Crippen LogP contribution is -2.31. The molecule has 0 aliphatic rings. The number of thiocarbonyl (C=S) groups is 1. The molecule has 0 heterocycles. The normalized spacial score (nSPS) is 10.3. The Kier molecular flexibility index (Phi) is 6.02. The molecule has 0 atom stereocenters. The van der Waals surface area contributed by atoms with Gasteiger partial charge in [0, 0.05) is 13.1 Å². The second-order valence-corrected chi connectivity index (χ2v) is 3.38. The Balaban J connectivity index is 3.52. The van der Waals surface area contributed by atoms with E-state index in [1.165, 1.54) is 0 Å². The van der Waals surface area contributed by atoms with Gasteiger partial charge in [0.2, 0.25) is 0 Å². The summed E-state index contributed by atoms with van der Waals surface area (Å²) < 4.78 is 0. The number of nitrogens with zero attached hydrogens (tertiary/aromatic N) is 2. The van der Waals surface area contributed by atoms with E-state index >= 15 is 0 Å². The molecule has 0 aliphatic heterocycles. The minimum absolute atomic E-state index is 0.0104. The first-order valence-corrected chi connectivity index (χ1v) is 4.61. The van der Waals surface area contributed by atoms with Crippen LogP contribution in [0.1, 0.15) is 13.3 Å². The molecule has 0 rings (SSSR count). The summed E-state index contributed by atoms with van der Waals surface area (Å²) in [6.45, 7) is 4.63. The van der Waals surface area contributed by atoms with E-state index in [-0.39, 0.29) is 5.17 Å². The van der Waals surface area contributed by atoms with Crippen LogP contribution in [0.3, 0.4) is 0 Å². The standard InChI is InChI=1S/C8H18N2OS/c1-4-10(8(11)12)7-5-6-9(2)3/h4-7H2,1-3H3,(H,11,12). The van der Waals surface area contributed by atoms with Crippen LogP contribution in [0, 0.1) is 0 Å². The van der Waals surface area contributed by atoms with Crippen LogP contribution in [0.15, 0.2) is 0 Å². The maximum absolute atomic E-state index is 9.02. The van der Waals surface area contributed by atoms with Crippen molar-refractivity contribution in [3.8, 4) is 0 Å². The van der Waals surface area contributed by atoms with Gasteiger partial charge in [0.25, 0.3) is 5.17 Å². The van der Waals surface area contributed by atoms with Crippen molar-refractivity contribution in [2.24, 2.45) is 0 Å². The lowest BCUT2D eigenvalue weighted by molar-refractivity contribution is 0.322. The quantitative estimate of drug-likeness (QED) is 0.657. The lowest BCUT2D eigenvalue weighted by atomic mass is 10.4. The van der Waals surface area contributed by atoms with Gasteiger partial charge in [-0.1, -0.05) is 0 Å². The fraction of sp³-hybridized carbons (Fsp3) is 0.875. The fourth-order valence-corrected chi connectivity index (χ4v) is 1.19. The predicted octanol–water partition coefficient (Wildman–Crippen LogP) is 1.10. The van der Waals surface area contributed by atoms with Crippen molar-refractivity contribution in [3.05, 3.63) is 0 Å². The van der Waals surface area contributed by atoms with Gasteiger partial charge in [0.05, 0.1) is 0 Å². The number of hydrogen-bond donors (Lipinski definition) is 1. The molecule has 0 spiro atoms. The molecule has 0 aromatic heterocycles. The van der Waals surface area contributed by atoms with Crippen LogP contribution in [-0.2, 0) is 0 Å². The molecule has 0 fully saturated rings. The summed E-state index contributed by atoms with van der Waals surface area (Å²) in [5.74, 6) is 0. The highest BCUT2D eigenvalue weighted by Gasteiger charge is 2.03. The molecule has 0 saturated heterocycles. The third kappa shape index (κ3) is 5.32. The van der Waals surface area contributed by atoms with Gasteiger partial charge >= 0.3 is 0 Å². The van der Waals surface area contributed by atoms with Gasteiger partial charge in [-0.05, 0) is 46.2 Å². The zero-order chi connectivity index (χ0) is 9.56. The molecule has 0 bridgehead atoms. The average molecular weight is 190 g/mol. The highest BCUT2D eigenvalue weighted by Crippen LogP contribution is 1.93. The van der Waals surface area contributed by atoms with Crippen LogP contribution < -0.4 is 0 Å². The molecule has 0 amide bonds. The van der Waals surface area contributed by atoms with E-state index in [0.717, 1.165) is 26.1 Å². The number of aliphatic hydroxyl groups excluding tert-OH is 1. The van der Waals surface area contributed by atoms with Crippen molar-refractivity contribution in [1.29, 1.82) is 0 Å². The van der Waals surface area contributed by atoms with Crippen LogP contribution in [-0.4, -0.2) is 53.8 Å². The van der Waals surface area contributed by atoms with Gasteiger partial charge in [-0.15, -0.1) is 0 Å². The summed E-state index contributed by atoms with van der Waals surface area (Å²) in [5.41, 5.74) is 0. The van der Waals surface area contributed by atoms with Gasteiger partial charge < -0.3 is 14.9 Å². The largest absolute Gasteiger partial charge is 0.487 e. The Bertz CT molecular complexity index is 139. The minimum Gasteiger partial charge on any atom is -0.487 e. The van der Waals surface area contributed by atoms with Crippen molar-refractivity contribution < 1.29 is 5.11 Å². The molecular formula is C8H18N2OS. The average Bonchev–Trinajstić information content (AvgIpc) is 1.96. The van der Waals surface area contributed by atoms with Crippen molar-refractivity contribution in [2.45, 2.75) is 13.3 Å². The SMILES string of the molecule is CCN(CCCN(C)C)C(O)=S. The third-order valence-corrected chi connectivity index (χ3v) is 1.94. The van der Waals surface area contributed by atoms with Gasteiger partial charge in [0.15, 0.2) is 0 Å². The smallest absolute Gasteiger partial charge is 0.256 e. The summed E-state index contributed by atoms with van der Waals surface area (Å²) in [5, 5.41) is 9.03. The van der Waals surface area contributed by atoms with E-state index in [2.05, 4.69) is 17.1 Å². The highest BCUT2D eigenvalue weighted by atomic mass is 32.1. The van der Waals surface area contributed by atoms with Crippen LogP contribution in [0.25, 0.3) is 0 Å². The maximum Gasteiger partial charge on any atom is 0.256 e. The van der Waals surface area contributed by atoms with Gasteiger partial charge in [0.1, 0.15) is 0 Å². The predicted molar refractivity (Wildman–Crippen MR) is 55.6 cm³/mol. The Morgan fingerprint density at radius 3 is 2.25 bits per heavy atom. The molecule has 0 radical (unpaired) electrons. The van der Waals surface area contributed by atoms with E-state index < -0.39 is 0 Å². The monoisotopic (exact) mass is 190 g/mol. The summed E-state index contributed by atoms with van der Waals surface area (Å²) in [7, 11) is 4.07. The van der Waals surface area contributed by atoms with Gasteiger partial charge in [-0.2, -0.15) is 0 Å². The summed E-state index contributed by atoms with van der Waals surface area (Å²) in [4.78, 5) is 3.91. The summed E-state index contributed by atoms with van der Waals surface area (Å²) in [6.07, 6.45) is 1.03. The maximum atomic E-state index is 9.02. The summed E-state index contributed by atoms with van der Waals surface area (Å²) >= 11 is 4.66. The molecule has 4 heteroatoms. The zero-order valence-corrected chi connectivity index (χ0v) is 8.89. The van der Waals surface area contributed by atoms with Crippen LogP contribution in [0.5, 0.6) is 0 Å². The third-order valence-electron chi connectivity index (χ3n) is 1.69. The van der Waals surface area contributed by atoms with Crippen LogP contribution in [0.4, 0.5) is 0 Å². The molecule has 0 aliphatic carbocycles. The second-order valence-electron chi connectivity index (χ2n) is 3.02.